The molecule has 0 aromatic heterocycles. The molecule has 1 aliphatic heterocycles. The molecule has 1 heterocycles. The summed E-state index contributed by atoms with van der Waals surface area (Å²) in [6.07, 6.45) is 1.09. The lowest BCUT2D eigenvalue weighted by atomic mass is 10.2. The fourth-order valence-electron chi connectivity index (χ4n) is 1.94. The summed E-state index contributed by atoms with van der Waals surface area (Å²) in [6.45, 7) is -0.660. The minimum Gasteiger partial charge on any atom is -0.433 e. The van der Waals surface area contributed by atoms with Crippen LogP contribution in [0.4, 0.5) is 14.5 Å². The van der Waals surface area contributed by atoms with Gasteiger partial charge in [-0.3, -0.25) is 0 Å². The van der Waals surface area contributed by atoms with E-state index in [1.54, 1.807) is 12.1 Å². The highest BCUT2D eigenvalue weighted by Crippen LogP contribution is 2.32. The van der Waals surface area contributed by atoms with Crippen molar-refractivity contribution in [1.29, 1.82) is 0 Å². The van der Waals surface area contributed by atoms with Gasteiger partial charge in [0.1, 0.15) is 5.75 Å². The lowest BCUT2D eigenvalue weighted by molar-refractivity contribution is -0.0497. The Hall–Kier alpha value is -0.680. The molecule has 0 spiro atoms. The van der Waals surface area contributed by atoms with Crippen molar-refractivity contribution in [2.24, 2.45) is 0 Å². The van der Waals surface area contributed by atoms with Crippen LogP contribution in [0.25, 0.3) is 0 Å². The summed E-state index contributed by atoms with van der Waals surface area (Å²) in [5, 5.41) is 4.19. The second-order valence-electron chi connectivity index (χ2n) is 4.24. The van der Waals surface area contributed by atoms with Gasteiger partial charge in [-0.15, -0.1) is 0 Å². The molecule has 0 aliphatic carbocycles. The van der Waals surface area contributed by atoms with E-state index in [1.807, 2.05) is 11.8 Å². The van der Waals surface area contributed by atoms with Crippen LogP contribution in [0.15, 0.2) is 18.2 Å². The highest BCUT2D eigenvalue weighted by molar-refractivity contribution is 8.00. The Morgan fingerprint density at radius 1 is 1.50 bits per heavy atom. The average molecular weight is 294 g/mol. The first-order valence-corrected chi connectivity index (χ1v) is 7.10. The molecule has 2 rings (SSSR count). The predicted molar refractivity (Wildman–Crippen MR) is 72.0 cm³/mol. The fraction of sp³-hybridized carbons (Fsp3) is 0.500. The third kappa shape index (κ3) is 3.65. The molecule has 18 heavy (non-hydrogen) atoms. The summed E-state index contributed by atoms with van der Waals surface area (Å²) in [6, 6.07) is 5.19. The van der Waals surface area contributed by atoms with Gasteiger partial charge in [-0.25, -0.2) is 0 Å². The Kier molecular flexibility index (Phi) is 4.56. The molecule has 2 unspecified atom stereocenters. The SMILES string of the molecule is CC1CC(Nc2ccc(OC(F)F)c(Cl)c2)CS1. The first kappa shape index (κ1) is 13.7. The maximum Gasteiger partial charge on any atom is 0.387 e. The predicted octanol–water partition coefficient (Wildman–Crippen LogP) is 4.25. The lowest BCUT2D eigenvalue weighted by Gasteiger charge is -2.14. The average Bonchev–Trinajstić information content (AvgIpc) is 2.68. The zero-order chi connectivity index (χ0) is 13.1. The van der Waals surface area contributed by atoms with E-state index >= 15 is 0 Å². The van der Waals surface area contributed by atoms with Crippen molar-refractivity contribution in [3.8, 4) is 5.75 Å². The summed E-state index contributed by atoms with van der Waals surface area (Å²) >= 11 is 7.81. The van der Waals surface area contributed by atoms with E-state index in [4.69, 9.17) is 11.6 Å². The highest BCUT2D eigenvalue weighted by Gasteiger charge is 2.21. The Balaban J connectivity index is 2.00. The molecule has 1 saturated heterocycles. The van der Waals surface area contributed by atoms with Crippen LogP contribution in [0, 0.1) is 0 Å². The number of anilines is 1. The molecular formula is C12H14ClF2NOS. The van der Waals surface area contributed by atoms with Gasteiger partial charge in [0.2, 0.25) is 0 Å². The first-order valence-electron chi connectivity index (χ1n) is 5.67. The van der Waals surface area contributed by atoms with E-state index < -0.39 is 6.61 Å². The van der Waals surface area contributed by atoms with Gasteiger partial charge in [0.05, 0.1) is 5.02 Å². The Bertz CT molecular complexity index is 419. The third-order valence-corrected chi connectivity index (χ3v) is 4.37. The molecular weight excluding hydrogens is 280 g/mol. The molecule has 0 amide bonds. The standard InChI is InChI=1S/C12H14ClF2NOS/c1-7-4-9(6-18-7)16-8-2-3-11(10(13)5-8)17-12(14)15/h2-3,5,7,9,12,16H,4,6H2,1H3. The van der Waals surface area contributed by atoms with E-state index in [-0.39, 0.29) is 10.8 Å². The maximum absolute atomic E-state index is 12.1. The summed E-state index contributed by atoms with van der Waals surface area (Å²) in [7, 11) is 0. The first-order chi connectivity index (χ1) is 8.54. The van der Waals surface area contributed by atoms with E-state index in [9.17, 15) is 8.78 Å². The van der Waals surface area contributed by atoms with Crippen molar-refractivity contribution in [2.75, 3.05) is 11.1 Å². The van der Waals surface area contributed by atoms with Gasteiger partial charge < -0.3 is 10.1 Å². The van der Waals surface area contributed by atoms with Crippen LogP contribution in [0.2, 0.25) is 5.02 Å². The topological polar surface area (TPSA) is 21.3 Å². The van der Waals surface area contributed by atoms with Gasteiger partial charge in [-0.05, 0) is 24.6 Å². The van der Waals surface area contributed by atoms with Crippen molar-refractivity contribution in [3.05, 3.63) is 23.2 Å². The van der Waals surface area contributed by atoms with Crippen molar-refractivity contribution in [1.82, 2.24) is 0 Å². The van der Waals surface area contributed by atoms with Gasteiger partial charge >= 0.3 is 6.61 Å². The van der Waals surface area contributed by atoms with Gasteiger partial charge in [-0.1, -0.05) is 18.5 Å². The molecule has 0 bridgehead atoms. The number of hydrogen-bond acceptors (Lipinski definition) is 3. The van der Waals surface area contributed by atoms with E-state index in [1.165, 1.54) is 6.07 Å². The molecule has 1 aromatic carbocycles. The second-order valence-corrected chi connectivity index (χ2v) is 6.12. The number of halogens is 3. The van der Waals surface area contributed by atoms with Crippen LogP contribution in [-0.4, -0.2) is 23.7 Å². The number of hydrogen-bond donors (Lipinski definition) is 1. The van der Waals surface area contributed by atoms with E-state index in [2.05, 4.69) is 17.0 Å². The van der Waals surface area contributed by atoms with Gasteiger partial charge in [-0.2, -0.15) is 20.5 Å². The van der Waals surface area contributed by atoms with Crippen LogP contribution < -0.4 is 10.1 Å². The van der Waals surface area contributed by atoms with Crippen molar-refractivity contribution in [3.63, 3.8) is 0 Å². The Morgan fingerprint density at radius 3 is 2.83 bits per heavy atom. The zero-order valence-electron chi connectivity index (χ0n) is 9.83. The smallest absolute Gasteiger partial charge is 0.387 e. The molecule has 1 aliphatic rings. The van der Waals surface area contributed by atoms with Crippen LogP contribution in [0.1, 0.15) is 13.3 Å². The van der Waals surface area contributed by atoms with E-state index in [0.717, 1.165) is 17.9 Å². The largest absolute Gasteiger partial charge is 0.433 e. The monoisotopic (exact) mass is 293 g/mol. The number of nitrogens with one attached hydrogen (secondary N) is 1. The van der Waals surface area contributed by atoms with Crippen molar-refractivity contribution < 1.29 is 13.5 Å². The quantitative estimate of drug-likeness (QED) is 0.897. The maximum atomic E-state index is 12.1. The van der Waals surface area contributed by atoms with Crippen molar-refractivity contribution in [2.45, 2.75) is 31.2 Å². The summed E-state index contributed by atoms with van der Waals surface area (Å²) in [4.78, 5) is 0. The number of ether oxygens (including phenoxy) is 1. The molecule has 0 saturated carbocycles. The normalized spacial score (nSPS) is 23.4. The number of benzene rings is 1. The Labute approximate surface area is 114 Å². The molecule has 1 fully saturated rings. The molecule has 0 radical (unpaired) electrons. The molecule has 2 nitrogen and oxygen atoms in total. The zero-order valence-corrected chi connectivity index (χ0v) is 11.4. The summed E-state index contributed by atoms with van der Waals surface area (Å²) < 4.78 is 28.4. The lowest BCUT2D eigenvalue weighted by Crippen LogP contribution is -2.18. The van der Waals surface area contributed by atoms with Gasteiger partial charge in [0.25, 0.3) is 0 Å². The minimum absolute atomic E-state index is 0.00591. The van der Waals surface area contributed by atoms with Gasteiger partial charge in [0, 0.05) is 22.7 Å². The van der Waals surface area contributed by atoms with Crippen LogP contribution in [0.5, 0.6) is 5.75 Å². The highest BCUT2D eigenvalue weighted by atomic mass is 35.5. The second kappa shape index (κ2) is 5.97. The Morgan fingerprint density at radius 2 is 2.28 bits per heavy atom. The molecule has 2 atom stereocenters. The third-order valence-electron chi connectivity index (χ3n) is 2.72. The summed E-state index contributed by atoms with van der Waals surface area (Å²) in [5.74, 6) is 1.06. The summed E-state index contributed by atoms with van der Waals surface area (Å²) in [5.41, 5.74) is 0.835. The van der Waals surface area contributed by atoms with E-state index in [0.29, 0.717) is 11.3 Å². The van der Waals surface area contributed by atoms with Crippen LogP contribution in [0.3, 0.4) is 0 Å². The number of rotatable bonds is 4. The van der Waals surface area contributed by atoms with Gasteiger partial charge in [0.15, 0.2) is 0 Å². The molecule has 100 valence electrons. The number of alkyl halides is 2. The minimum atomic E-state index is -2.85. The fourth-order valence-corrected chi connectivity index (χ4v) is 3.31. The number of thioether (sulfide) groups is 1. The molecule has 1 N–H and O–H groups in total. The molecule has 6 heteroatoms. The van der Waals surface area contributed by atoms with Crippen LogP contribution in [-0.2, 0) is 0 Å². The van der Waals surface area contributed by atoms with Crippen molar-refractivity contribution >= 4 is 29.1 Å². The molecule has 1 aromatic rings. The van der Waals surface area contributed by atoms with Crippen LogP contribution >= 0.6 is 23.4 Å².